The Bertz CT molecular complexity index is 513. The van der Waals surface area contributed by atoms with Crippen LogP contribution in [-0.4, -0.2) is 26.1 Å². The number of thioether (sulfide) groups is 1. The van der Waals surface area contributed by atoms with Gasteiger partial charge in [0, 0.05) is 18.2 Å². The molecule has 0 unspecified atom stereocenters. The molecule has 2 saturated carbocycles. The first-order valence-electron chi connectivity index (χ1n) is 5.72. The highest BCUT2D eigenvalue weighted by Gasteiger charge is 2.46. The van der Waals surface area contributed by atoms with E-state index in [1.807, 2.05) is 0 Å². The van der Waals surface area contributed by atoms with Gasteiger partial charge in [0.05, 0.1) is 11.0 Å². The number of fused-ring (bicyclic) bond motifs is 2. The minimum absolute atomic E-state index is 0.145. The zero-order chi connectivity index (χ0) is 11.8. The van der Waals surface area contributed by atoms with Crippen LogP contribution in [0.2, 0.25) is 0 Å². The van der Waals surface area contributed by atoms with Gasteiger partial charge in [-0.1, -0.05) is 16.9 Å². The van der Waals surface area contributed by atoms with E-state index in [-0.39, 0.29) is 10.8 Å². The van der Waals surface area contributed by atoms with E-state index in [1.54, 1.807) is 0 Å². The van der Waals surface area contributed by atoms with Crippen molar-refractivity contribution in [3.05, 3.63) is 22.6 Å². The summed E-state index contributed by atoms with van der Waals surface area (Å²) < 4.78 is 0. The van der Waals surface area contributed by atoms with Crippen molar-refractivity contribution in [1.82, 2.24) is 9.97 Å². The first-order chi connectivity index (χ1) is 8.28. The molecule has 2 fully saturated rings. The average Bonchev–Trinajstić information content (AvgIpc) is 2.89. The molecule has 0 aliphatic heterocycles. The standard InChI is InChI=1S/C11H13N3O2S/c15-8-3-4-12-11(13-8)17-10-7-2-1-6(5-7)9(10)14-16/h3-4,6-7,10,16H,1-2,5H2,(H,12,13,15)/b14-9-/t6-,7-,10-/m0/s1. The second-order valence-corrected chi connectivity index (χ2v) is 5.70. The van der Waals surface area contributed by atoms with Crippen LogP contribution in [0, 0.1) is 11.8 Å². The van der Waals surface area contributed by atoms with Crippen LogP contribution in [0.15, 0.2) is 27.4 Å². The molecule has 2 aliphatic rings. The van der Waals surface area contributed by atoms with Crippen molar-refractivity contribution >= 4 is 17.5 Å². The van der Waals surface area contributed by atoms with Crippen LogP contribution in [0.25, 0.3) is 0 Å². The molecule has 0 spiro atoms. The van der Waals surface area contributed by atoms with Crippen LogP contribution in [0.4, 0.5) is 0 Å². The van der Waals surface area contributed by atoms with Crippen molar-refractivity contribution in [2.45, 2.75) is 29.7 Å². The van der Waals surface area contributed by atoms with Gasteiger partial charge in [0.2, 0.25) is 0 Å². The summed E-state index contributed by atoms with van der Waals surface area (Å²) in [5.74, 6) is 0.986. The predicted molar refractivity (Wildman–Crippen MR) is 64.6 cm³/mol. The fourth-order valence-electron chi connectivity index (χ4n) is 2.86. The smallest absolute Gasteiger partial charge is 0.251 e. The molecule has 2 bridgehead atoms. The molecule has 2 aliphatic carbocycles. The number of hydrogen-bond donors (Lipinski definition) is 2. The van der Waals surface area contributed by atoms with E-state index in [0.717, 1.165) is 18.6 Å². The highest BCUT2D eigenvalue weighted by atomic mass is 32.2. The lowest BCUT2D eigenvalue weighted by atomic mass is 9.98. The molecule has 6 heteroatoms. The van der Waals surface area contributed by atoms with E-state index in [2.05, 4.69) is 15.1 Å². The molecule has 3 atom stereocenters. The van der Waals surface area contributed by atoms with Crippen LogP contribution >= 0.6 is 11.8 Å². The van der Waals surface area contributed by atoms with Crippen molar-refractivity contribution in [1.29, 1.82) is 0 Å². The van der Waals surface area contributed by atoms with E-state index in [4.69, 9.17) is 5.21 Å². The zero-order valence-corrected chi connectivity index (χ0v) is 9.98. The Labute approximate surface area is 102 Å². The van der Waals surface area contributed by atoms with Gasteiger partial charge in [-0.2, -0.15) is 0 Å². The third-order valence-corrected chi connectivity index (χ3v) is 4.92. The lowest BCUT2D eigenvalue weighted by Crippen LogP contribution is -2.25. The monoisotopic (exact) mass is 251 g/mol. The number of rotatable bonds is 2. The van der Waals surface area contributed by atoms with Crippen molar-refractivity contribution in [2.75, 3.05) is 0 Å². The topological polar surface area (TPSA) is 78.3 Å². The minimum atomic E-state index is -0.145. The van der Waals surface area contributed by atoms with Gasteiger partial charge in [-0.25, -0.2) is 4.98 Å². The Morgan fingerprint density at radius 1 is 1.53 bits per heavy atom. The summed E-state index contributed by atoms with van der Waals surface area (Å²) in [5, 5.41) is 13.3. The summed E-state index contributed by atoms with van der Waals surface area (Å²) in [4.78, 5) is 18.0. The quantitative estimate of drug-likeness (QED) is 0.474. The number of nitrogens with zero attached hydrogens (tertiary/aromatic N) is 2. The highest BCUT2D eigenvalue weighted by molar-refractivity contribution is 8.00. The van der Waals surface area contributed by atoms with Gasteiger partial charge in [0.1, 0.15) is 0 Å². The molecule has 2 N–H and O–H groups in total. The fraction of sp³-hybridized carbons (Fsp3) is 0.545. The summed E-state index contributed by atoms with van der Waals surface area (Å²) >= 11 is 1.50. The molecular formula is C11H13N3O2S. The summed E-state index contributed by atoms with van der Waals surface area (Å²) in [6, 6.07) is 1.39. The predicted octanol–water partition coefficient (Wildman–Crippen LogP) is 1.49. The minimum Gasteiger partial charge on any atom is -0.411 e. The Hall–Kier alpha value is -1.30. The van der Waals surface area contributed by atoms with Crippen molar-refractivity contribution in [3.8, 4) is 0 Å². The third kappa shape index (κ3) is 1.86. The highest BCUT2D eigenvalue weighted by Crippen LogP contribution is 2.48. The molecule has 90 valence electrons. The zero-order valence-electron chi connectivity index (χ0n) is 9.17. The van der Waals surface area contributed by atoms with E-state index in [9.17, 15) is 4.79 Å². The van der Waals surface area contributed by atoms with Gasteiger partial charge >= 0.3 is 0 Å². The van der Waals surface area contributed by atoms with E-state index in [0.29, 0.717) is 17.0 Å². The second-order valence-electron chi connectivity index (χ2n) is 4.57. The van der Waals surface area contributed by atoms with Crippen LogP contribution in [0.3, 0.4) is 0 Å². The Morgan fingerprint density at radius 2 is 2.41 bits per heavy atom. The van der Waals surface area contributed by atoms with Gasteiger partial charge in [-0.3, -0.25) is 4.79 Å². The fourth-order valence-corrected chi connectivity index (χ4v) is 4.18. The van der Waals surface area contributed by atoms with Gasteiger partial charge in [0.15, 0.2) is 5.16 Å². The van der Waals surface area contributed by atoms with Gasteiger partial charge in [0.25, 0.3) is 5.56 Å². The molecule has 0 saturated heterocycles. The number of H-pyrrole nitrogens is 1. The van der Waals surface area contributed by atoms with Crippen LogP contribution < -0.4 is 5.56 Å². The molecule has 0 amide bonds. The summed E-state index contributed by atoms with van der Waals surface area (Å²) in [6.07, 6.45) is 4.91. The number of aromatic nitrogens is 2. The Balaban J connectivity index is 1.84. The largest absolute Gasteiger partial charge is 0.411 e. The lowest BCUT2D eigenvalue weighted by Gasteiger charge is -2.21. The maximum Gasteiger partial charge on any atom is 0.251 e. The molecule has 1 heterocycles. The van der Waals surface area contributed by atoms with Crippen molar-refractivity contribution in [3.63, 3.8) is 0 Å². The number of nitrogens with one attached hydrogen (secondary N) is 1. The van der Waals surface area contributed by atoms with Crippen LogP contribution in [0.1, 0.15) is 19.3 Å². The van der Waals surface area contributed by atoms with Gasteiger partial charge in [-0.15, -0.1) is 0 Å². The molecule has 1 aromatic rings. The number of hydrogen-bond acceptors (Lipinski definition) is 5. The maximum atomic E-state index is 11.2. The van der Waals surface area contributed by atoms with E-state index < -0.39 is 0 Å². The third-order valence-electron chi connectivity index (χ3n) is 3.61. The lowest BCUT2D eigenvalue weighted by molar-refractivity contribution is 0.314. The first-order valence-corrected chi connectivity index (χ1v) is 6.59. The van der Waals surface area contributed by atoms with Crippen LogP contribution in [0.5, 0.6) is 0 Å². The Kier molecular flexibility index (Phi) is 2.66. The van der Waals surface area contributed by atoms with Gasteiger partial charge < -0.3 is 10.2 Å². The summed E-state index contributed by atoms with van der Waals surface area (Å²) in [7, 11) is 0. The summed E-state index contributed by atoms with van der Waals surface area (Å²) in [6.45, 7) is 0. The van der Waals surface area contributed by atoms with Crippen molar-refractivity contribution < 1.29 is 5.21 Å². The second kappa shape index (κ2) is 4.18. The first kappa shape index (κ1) is 10.8. The normalized spacial score (nSPS) is 33.4. The van der Waals surface area contributed by atoms with Gasteiger partial charge in [-0.05, 0) is 25.2 Å². The Morgan fingerprint density at radius 3 is 3.18 bits per heavy atom. The maximum absolute atomic E-state index is 11.2. The van der Waals surface area contributed by atoms with E-state index >= 15 is 0 Å². The molecular weight excluding hydrogens is 238 g/mol. The molecule has 0 aromatic carbocycles. The molecule has 0 radical (unpaired) electrons. The molecule has 1 aromatic heterocycles. The average molecular weight is 251 g/mol. The number of aromatic amines is 1. The van der Waals surface area contributed by atoms with Crippen LogP contribution in [-0.2, 0) is 0 Å². The summed E-state index contributed by atoms with van der Waals surface area (Å²) in [5.41, 5.74) is 0.728. The molecule has 3 rings (SSSR count). The number of oxime groups is 1. The molecule has 17 heavy (non-hydrogen) atoms. The SMILES string of the molecule is O=c1ccnc(S[C@@H]2/C(=N\O)[C@H]3CC[C@H]2C3)[nH]1. The molecule has 5 nitrogen and oxygen atoms in total. The van der Waals surface area contributed by atoms with E-state index in [1.165, 1.54) is 30.4 Å². The van der Waals surface area contributed by atoms with Crippen molar-refractivity contribution in [2.24, 2.45) is 17.0 Å².